The van der Waals surface area contributed by atoms with Gasteiger partial charge < -0.3 is 16.0 Å². The summed E-state index contributed by atoms with van der Waals surface area (Å²) in [5, 5.41) is 8.09. The van der Waals surface area contributed by atoms with Gasteiger partial charge in [0.25, 0.3) is 5.91 Å². The molecule has 23 heavy (non-hydrogen) atoms. The standard InChI is InChI=1S/C17H18FN3O2/c1-2-19-17(23)12-6-5-7-13(10-12)20-11-16(22)21-15-9-4-3-8-14(15)18/h3-10,20H,2,11H2,1H3,(H,19,23)(H,21,22). The smallest absolute Gasteiger partial charge is 0.251 e. The average Bonchev–Trinajstić information content (AvgIpc) is 2.56. The van der Waals surface area contributed by atoms with Crippen LogP contribution >= 0.6 is 0 Å². The lowest BCUT2D eigenvalue weighted by Crippen LogP contribution is -2.24. The molecular weight excluding hydrogens is 297 g/mol. The molecule has 2 amide bonds. The lowest BCUT2D eigenvalue weighted by molar-refractivity contribution is -0.114. The van der Waals surface area contributed by atoms with Gasteiger partial charge in [0.05, 0.1) is 12.2 Å². The van der Waals surface area contributed by atoms with Gasteiger partial charge in [0, 0.05) is 17.8 Å². The number of carbonyl (C=O) groups excluding carboxylic acids is 2. The van der Waals surface area contributed by atoms with Crippen molar-refractivity contribution in [1.82, 2.24) is 5.32 Å². The molecule has 0 radical (unpaired) electrons. The van der Waals surface area contributed by atoms with E-state index in [1.165, 1.54) is 12.1 Å². The second-order valence-corrected chi connectivity index (χ2v) is 4.82. The molecule has 3 N–H and O–H groups in total. The zero-order valence-electron chi connectivity index (χ0n) is 12.7. The van der Waals surface area contributed by atoms with E-state index in [4.69, 9.17) is 0 Å². The molecule has 0 fully saturated rings. The molecule has 0 atom stereocenters. The second kappa shape index (κ2) is 7.93. The molecule has 2 rings (SSSR count). The first-order chi connectivity index (χ1) is 11.1. The van der Waals surface area contributed by atoms with Crippen LogP contribution in [0.2, 0.25) is 0 Å². The maximum Gasteiger partial charge on any atom is 0.251 e. The zero-order valence-corrected chi connectivity index (χ0v) is 12.7. The number of hydrogen-bond acceptors (Lipinski definition) is 3. The molecule has 6 heteroatoms. The highest BCUT2D eigenvalue weighted by atomic mass is 19.1. The van der Waals surface area contributed by atoms with E-state index in [0.29, 0.717) is 17.8 Å². The van der Waals surface area contributed by atoms with E-state index < -0.39 is 5.82 Å². The van der Waals surface area contributed by atoms with E-state index in [0.717, 1.165) is 0 Å². The van der Waals surface area contributed by atoms with Crippen LogP contribution in [0.25, 0.3) is 0 Å². The fourth-order valence-corrected chi connectivity index (χ4v) is 1.97. The Bertz CT molecular complexity index is 704. The van der Waals surface area contributed by atoms with Gasteiger partial charge in [0.2, 0.25) is 5.91 Å². The van der Waals surface area contributed by atoms with Gasteiger partial charge in [0.15, 0.2) is 0 Å². The fraction of sp³-hybridized carbons (Fsp3) is 0.176. The first-order valence-corrected chi connectivity index (χ1v) is 7.26. The Balaban J connectivity index is 1.93. The molecule has 0 spiro atoms. The summed E-state index contributed by atoms with van der Waals surface area (Å²) in [5.41, 5.74) is 1.28. The van der Waals surface area contributed by atoms with E-state index in [2.05, 4.69) is 16.0 Å². The van der Waals surface area contributed by atoms with Crippen LogP contribution < -0.4 is 16.0 Å². The third-order valence-corrected chi connectivity index (χ3v) is 3.06. The number of benzene rings is 2. The van der Waals surface area contributed by atoms with Gasteiger partial charge in [-0.25, -0.2) is 4.39 Å². The summed E-state index contributed by atoms with van der Waals surface area (Å²) in [5.74, 6) is -1.04. The molecule has 0 saturated heterocycles. The SMILES string of the molecule is CCNC(=O)c1cccc(NCC(=O)Nc2ccccc2F)c1. The molecule has 0 saturated carbocycles. The van der Waals surface area contributed by atoms with Gasteiger partial charge in [-0.05, 0) is 37.3 Å². The Morgan fingerprint density at radius 2 is 1.87 bits per heavy atom. The van der Waals surface area contributed by atoms with Gasteiger partial charge in [-0.1, -0.05) is 18.2 Å². The number of amides is 2. The molecule has 0 bridgehead atoms. The average molecular weight is 315 g/mol. The van der Waals surface area contributed by atoms with Crippen LogP contribution in [0.15, 0.2) is 48.5 Å². The summed E-state index contributed by atoms with van der Waals surface area (Å²) in [7, 11) is 0. The van der Waals surface area contributed by atoms with Crippen LogP contribution in [-0.4, -0.2) is 24.9 Å². The van der Waals surface area contributed by atoms with Crippen LogP contribution in [0.1, 0.15) is 17.3 Å². The maximum atomic E-state index is 13.4. The van der Waals surface area contributed by atoms with Crippen LogP contribution in [0.4, 0.5) is 15.8 Å². The van der Waals surface area contributed by atoms with Crippen LogP contribution in [0.5, 0.6) is 0 Å². The van der Waals surface area contributed by atoms with Crippen molar-refractivity contribution in [3.8, 4) is 0 Å². The van der Waals surface area contributed by atoms with Gasteiger partial charge >= 0.3 is 0 Å². The predicted octanol–water partition coefficient (Wildman–Crippen LogP) is 2.63. The number of anilines is 2. The normalized spacial score (nSPS) is 10.0. The third-order valence-electron chi connectivity index (χ3n) is 3.06. The number of nitrogens with one attached hydrogen (secondary N) is 3. The molecule has 0 unspecified atom stereocenters. The summed E-state index contributed by atoms with van der Waals surface area (Å²) in [6.07, 6.45) is 0. The topological polar surface area (TPSA) is 70.2 Å². The predicted molar refractivity (Wildman–Crippen MR) is 88.0 cm³/mol. The van der Waals surface area contributed by atoms with E-state index in [9.17, 15) is 14.0 Å². The van der Waals surface area contributed by atoms with Crippen LogP contribution in [0.3, 0.4) is 0 Å². The lowest BCUT2D eigenvalue weighted by Gasteiger charge is -2.09. The fourth-order valence-electron chi connectivity index (χ4n) is 1.97. The van der Waals surface area contributed by atoms with Crippen molar-refractivity contribution >= 4 is 23.2 Å². The highest BCUT2D eigenvalue weighted by Gasteiger charge is 2.08. The van der Waals surface area contributed by atoms with E-state index >= 15 is 0 Å². The highest BCUT2D eigenvalue weighted by molar-refractivity contribution is 5.96. The molecule has 0 aliphatic rings. The minimum Gasteiger partial charge on any atom is -0.376 e. The van der Waals surface area contributed by atoms with Gasteiger partial charge in [0.1, 0.15) is 5.82 Å². The van der Waals surface area contributed by atoms with Crippen molar-refractivity contribution in [2.45, 2.75) is 6.92 Å². The maximum absolute atomic E-state index is 13.4. The number of hydrogen-bond donors (Lipinski definition) is 3. The quantitative estimate of drug-likeness (QED) is 0.767. The molecular formula is C17H18FN3O2. The monoisotopic (exact) mass is 315 g/mol. The Labute approximate surface area is 133 Å². The van der Waals surface area contributed by atoms with Crippen molar-refractivity contribution in [3.63, 3.8) is 0 Å². The molecule has 5 nitrogen and oxygen atoms in total. The summed E-state index contributed by atoms with van der Waals surface area (Å²) >= 11 is 0. The number of rotatable bonds is 6. The van der Waals surface area contributed by atoms with E-state index in [1.807, 2.05) is 6.92 Å². The number of halogens is 1. The largest absolute Gasteiger partial charge is 0.376 e. The van der Waals surface area contributed by atoms with Gasteiger partial charge in [-0.2, -0.15) is 0 Å². The molecule has 0 aliphatic heterocycles. The lowest BCUT2D eigenvalue weighted by atomic mass is 10.2. The molecule has 2 aromatic rings. The van der Waals surface area contributed by atoms with Crippen molar-refractivity contribution in [1.29, 1.82) is 0 Å². The minimum atomic E-state index is -0.487. The molecule has 0 heterocycles. The van der Waals surface area contributed by atoms with Crippen LogP contribution in [0, 0.1) is 5.82 Å². The minimum absolute atomic E-state index is 0.0345. The zero-order chi connectivity index (χ0) is 16.7. The van der Waals surface area contributed by atoms with Gasteiger partial charge in [-0.15, -0.1) is 0 Å². The summed E-state index contributed by atoms with van der Waals surface area (Å²) in [6, 6.07) is 12.8. The van der Waals surface area contributed by atoms with E-state index in [-0.39, 0.29) is 24.0 Å². The summed E-state index contributed by atoms with van der Waals surface area (Å²) in [6.45, 7) is 2.35. The Kier molecular flexibility index (Phi) is 5.68. The van der Waals surface area contributed by atoms with Crippen molar-refractivity contribution < 1.29 is 14.0 Å². The second-order valence-electron chi connectivity index (χ2n) is 4.82. The molecule has 120 valence electrons. The highest BCUT2D eigenvalue weighted by Crippen LogP contribution is 2.13. The molecule has 2 aromatic carbocycles. The Morgan fingerprint density at radius 3 is 2.61 bits per heavy atom. The first-order valence-electron chi connectivity index (χ1n) is 7.26. The van der Waals surface area contributed by atoms with Gasteiger partial charge in [-0.3, -0.25) is 9.59 Å². The number of carbonyl (C=O) groups is 2. The van der Waals surface area contributed by atoms with E-state index in [1.54, 1.807) is 36.4 Å². The van der Waals surface area contributed by atoms with Crippen molar-refractivity contribution in [2.75, 3.05) is 23.7 Å². The molecule has 0 aromatic heterocycles. The molecule has 0 aliphatic carbocycles. The van der Waals surface area contributed by atoms with Crippen molar-refractivity contribution in [3.05, 3.63) is 59.9 Å². The Morgan fingerprint density at radius 1 is 1.09 bits per heavy atom. The number of para-hydroxylation sites is 1. The first kappa shape index (κ1) is 16.5. The van der Waals surface area contributed by atoms with Crippen LogP contribution in [-0.2, 0) is 4.79 Å². The Hall–Kier alpha value is -2.89. The summed E-state index contributed by atoms with van der Waals surface area (Å²) < 4.78 is 13.4. The summed E-state index contributed by atoms with van der Waals surface area (Å²) in [4.78, 5) is 23.6. The van der Waals surface area contributed by atoms with Crippen molar-refractivity contribution in [2.24, 2.45) is 0 Å². The third kappa shape index (κ3) is 4.81.